The predicted molar refractivity (Wildman–Crippen MR) is 121 cm³/mol. The first-order valence-corrected chi connectivity index (χ1v) is 12.7. The van der Waals surface area contributed by atoms with Gasteiger partial charge in [0.2, 0.25) is 0 Å². The van der Waals surface area contributed by atoms with Crippen molar-refractivity contribution in [2.45, 2.75) is 45.5 Å². The molecule has 1 N–H and O–H groups in total. The molecule has 9 nitrogen and oxygen atoms in total. The van der Waals surface area contributed by atoms with Gasteiger partial charge in [-0.2, -0.15) is 5.10 Å². The van der Waals surface area contributed by atoms with Crippen molar-refractivity contribution in [3.8, 4) is 22.9 Å². The van der Waals surface area contributed by atoms with E-state index in [1.54, 1.807) is 24.0 Å². The summed E-state index contributed by atoms with van der Waals surface area (Å²) in [5.74, 6) is -0.0926. The molecule has 1 unspecified atom stereocenters. The highest BCUT2D eigenvalue weighted by atomic mass is 32.2. The van der Waals surface area contributed by atoms with Gasteiger partial charge in [0.05, 0.1) is 30.9 Å². The fraction of sp³-hybridized carbons (Fsp3) is 0.409. The number of anilines is 1. The van der Waals surface area contributed by atoms with Crippen molar-refractivity contribution in [2.75, 3.05) is 16.9 Å². The smallest absolute Gasteiger partial charge is 0.322 e. The number of sulfone groups is 1. The summed E-state index contributed by atoms with van der Waals surface area (Å²) in [4.78, 5) is 9.79. The van der Waals surface area contributed by atoms with E-state index >= 15 is 0 Å². The van der Waals surface area contributed by atoms with Crippen LogP contribution in [0.2, 0.25) is 0 Å². The van der Waals surface area contributed by atoms with E-state index in [-0.39, 0.29) is 24.3 Å². The summed E-state index contributed by atoms with van der Waals surface area (Å²) in [5, 5.41) is 14.7. The molecule has 0 saturated carbocycles. The summed E-state index contributed by atoms with van der Waals surface area (Å²) < 4.78 is 44.0. The summed E-state index contributed by atoms with van der Waals surface area (Å²) in [6.07, 6.45) is 7.45. The first kappa shape index (κ1) is 23.1. The Kier molecular flexibility index (Phi) is 6.35. The molecule has 1 aliphatic rings. The minimum absolute atomic E-state index is 0.00210. The van der Waals surface area contributed by atoms with Gasteiger partial charge in [0.1, 0.15) is 21.8 Å². The van der Waals surface area contributed by atoms with Crippen molar-refractivity contribution in [2.24, 2.45) is 0 Å². The Hall–Kier alpha value is -3.05. The first-order chi connectivity index (χ1) is 15.6. The highest BCUT2D eigenvalue weighted by Gasteiger charge is 2.30. The second kappa shape index (κ2) is 9.06. The Labute approximate surface area is 191 Å². The van der Waals surface area contributed by atoms with E-state index in [1.807, 2.05) is 17.0 Å². The number of aromatic nitrogens is 4. The maximum atomic E-state index is 13.3. The number of rotatable bonds is 7. The van der Waals surface area contributed by atoms with Gasteiger partial charge in [0, 0.05) is 40.9 Å². The Morgan fingerprint density at radius 1 is 1.27 bits per heavy atom. The predicted octanol–water partition coefficient (Wildman–Crippen LogP) is 2.80. The monoisotopic (exact) mass is 475 g/mol. The first-order valence-electron chi connectivity index (χ1n) is 10.6. The van der Waals surface area contributed by atoms with E-state index in [1.165, 1.54) is 6.26 Å². The van der Waals surface area contributed by atoms with Crippen LogP contribution in [-0.4, -0.2) is 57.6 Å². The van der Waals surface area contributed by atoms with Gasteiger partial charge in [0.15, 0.2) is 5.82 Å². The molecule has 0 radical (unpaired) electrons. The second-order valence-electron chi connectivity index (χ2n) is 8.27. The lowest BCUT2D eigenvalue weighted by Crippen LogP contribution is -2.43. The Bertz CT molecular complexity index is 1240. The summed E-state index contributed by atoms with van der Waals surface area (Å²) in [6, 6.07) is 3.93. The van der Waals surface area contributed by atoms with Crippen LogP contribution in [-0.2, 0) is 22.8 Å². The number of aliphatic hydroxyl groups is 1. The number of hydrogen-bond donors (Lipinski definition) is 1. The third kappa shape index (κ3) is 5.14. The molecule has 4 rings (SSSR count). The molecule has 1 aliphatic heterocycles. The molecule has 11 heteroatoms. The van der Waals surface area contributed by atoms with Crippen molar-refractivity contribution >= 4 is 15.5 Å². The van der Waals surface area contributed by atoms with Gasteiger partial charge in [0.25, 0.3) is 0 Å². The summed E-state index contributed by atoms with van der Waals surface area (Å²) in [7, 11) is -3.12. The number of fused-ring (bicyclic) bond motifs is 1. The van der Waals surface area contributed by atoms with Crippen LogP contribution in [0.3, 0.4) is 0 Å². The highest BCUT2D eigenvalue weighted by Crippen LogP contribution is 2.44. The topological polar surface area (TPSA) is 110 Å². The van der Waals surface area contributed by atoms with Crippen LogP contribution < -0.4 is 9.64 Å². The number of hydrogen-bond acceptors (Lipinski definition) is 8. The van der Waals surface area contributed by atoms with Crippen LogP contribution in [0.15, 0.2) is 36.9 Å². The van der Waals surface area contributed by atoms with Gasteiger partial charge in [-0.1, -0.05) is 0 Å². The molecule has 0 spiro atoms. The molecule has 0 fully saturated rings. The maximum absolute atomic E-state index is 13.3. The number of benzene rings is 1. The highest BCUT2D eigenvalue weighted by molar-refractivity contribution is 7.90. The number of halogens is 1. The third-order valence-electron chi connectivity index (χ3n) is 5.63. The van der Waals surface area contributed by atoms with Crippen LogP contribution >= 0.6 is 0 Å². The minimum atomic E-state index is -3.12. The number of aryl methyl sites for hydroxylation is 1. The van der Waals surface area contributed by atoms with Crippen molar-refractivity contribution < 1.29 is 22.7 Å². The molecule has 1 aromatic carbocycles. The summed E-state index contributed by atoms with van der Waals surface area (Å²) in [6.45, 7) is 4.00. The van der Waals surface area contributed by atoms with Crippen LogP contribution in [0, 0.1) is 5.82 Å². The van der Waals surface area contributed by atoms with Crippen molar-refractivity contribution in [1.82, 2.24) is 19.7 Å². The van der Waals surface area contributed by atoms with E-state index in [0.717, 1.165) is 35.6 Å². The fourth-order valence-corrected chi connectivity index (χ4v) is 4.59. The van der Waals surface area contributed by atoms with Gasteiger partial charge >= 0.3 is 6.01 Å². The lowest BCUT2D eigenvalue weighted by molar-refractivity contribution is 0.174. The lowest BCUT2D eigenvalue weighted by atomic mass is 9.92. The van der Waals surface area contributed by atoms with E-state index in [0.29, 0.717) is 17.7 Å². The van der Waals surface area contributed by atoms with Crippen LogP contribution in [0.25, 0.3) is 11.1 Å². The molecule has 2 atom stereocenters. The molecular weight excluding hydrogens is 449 g/mol. The average molecular weight is 476 g/mol. The summed E-state index contributed by atoms with van der Waals surface area (Å²) >= 11 is 0. The quantitative estimate of drug-likeness (QED) is 0.555. The zero-order valence-electron chi connectivity index (χ0n) is 18.6. The van der Waals surface area contributed by atoms with E-state index in [2.05, 4.69) is 22.0 Å². The van der Waals surface area contributed by atoms with E-state index in [9.17, 15) is 17.9 Å². The number of nitrogens with zero attached hydrogens (tertiary/aromatic N) is 5. The molecule has 3 aromatic rings. The molecule has 0 saturated heterocycles. The Morgan fingerprint density at radius 3 is 2.67 bits per heavy atom. The van der Waals surface area contributed by atoms with Gasteiger partial charge in [-0.05, 0) is 38.8 Å². The standard InChI is InChI=1S/C22H26FN5O4S/c1-14-4-5-19-20(28(14)15(2)29)7-6-18(21(19)32-22-24-11-17(23)12-25-22)16-10-26-27(13-16)8-9-33(3,30)31/h6-7,10-15,29H,4-5,8-9H2,1-3H3/t14-,15?/m0/s1. The van der Waals surface area contributed by atoms with Crippen LogP contribution in [0.1, 0.15) is 25.8 Å². The Balaban J connectivity index is 1.78. The summed E-state index contributed by atoms with van der Waals surface area (Å²) in [5.41, 5.74) is 3.16. The molecule has 2 aromatic heterocycles. The minimum Gasteiger partial charge on any atom is -0.423 e. The second-order valence-corrected chi connectivity index (χ2v) is 10.5. The van der Waals surface area contributed by atoms with Gasteiger partial charge in [-0.15, -0.1) is 0 Å². The Morgan fingerprint density at radius 2 is 2.00 bits per heavy atom. The fourth-order valence-electron chi connectivity index (χ4n) is 4.07. The van der Waals surface area contributed by atoms with Gasteiger partial charge in [-0.25, -0.2) is 22.8 Å². The average Bonchev–Trinajstić information content (AvgIpc) is 3.22. The van der Waals surface area contributed by atoms with Crippen molar-refractivity contribution in [1.29, 1.82) is 0 Å². The van der Waals surface area contributed by atoms with Crippen LogP contribution in [0.5, 0.6) is 11.8 Å². The van der Waals surface area contributed by atoms with Crippen LogP contribution in [0.4, 0.5) is 10.1 Å². The van der Waals surface area contributed by atoms with Crippen molar-refractivity contribution in [3.63, 3.8) is 0 Å². The number of aliphatic hydroxyl groups excluding tert-OH is 1. The largest absolute Gasteiger partial charge is 0.423 e. The zero-order valence-corrected chi connectivity index (χ0v) is 19.5. The molecule has 33 heavy (non-hydrogen) atoms. The zero-order chi connectivity index (χ0) is 23.8. The molecule has 3 heterocycles. The van der Waals surface area contributed by atoms with E-state index in [4.69, 9.17) is 4.74 Å². The van der Waals surface area contributed by atoms with Crippen molar-refractivity contribution in [3.05, 3.63) is 48.3 Å². The SMILES string of the molecule is CC(O)N1c2ccc(-c3cnn(CCS(C)(=O)=O)c3)c(Oc3ncc(F)cn3)c2CC[C@@H]1C. The lowest BCUT2D eigenvalue weighted by Gasteiger charge is -2.39. The molecule has 0 amide bonds. The third-order valence-corrected chi connectivity index (χ3v) is 6.55. The van der Waals surface area contributed by atoms with E-state index < -0.39 is 21.9 Å². The maximum Gasteiger partial charge on any atom is 0.322 e. The normalized spacial score (nSPS) is 17.0. The molecule has 0 bridgehead atoms. The molecule has 176 valence electrons. The van der Waals surface area contributed by atoms with Gasteiger partial charge < -0.3 is 14.7 Å². The van der Waals surface area contributed by atoms with Gasteiger partial charge in [-0.3, -0.25) is 4.68 Å². The molecule has 0 aliphatic carbocycles. The molecular formula is C22H26FN5O4S. The number of ether oxygens (including phenoxy) is 1.